The van der Waals surface area contributed by atoms with Gasteiger partial charge in [0.25, 0.3) is 5.89 Å². The van der Waals surface area contributed by atoms with E-state index in [-0.39, 0.29) is 0 Å². The molecule has 2 aromatic rings. The normalized spacial score (nSPS) is 10.0. The van der Waals surface area contributed by atoms with E-state index in [1.807, 2.05) is 6.07 Å². The fraction of sp³-hybridized carbons (Fsp3) is 0.200. The van der Waals surface area contributed by atoms with E-state index < -0.39 is 0 Å². The summed E-state index contributed by atoms with van der Waals surface area (Å²) in [6.45, 7) is 0.517. The average molecular weight is 215 g/mol. The van der Waals surface area contributed by atoms with E-state index in [4.69, 9.17) is 9.68 Å². The number of rotatable bonds is 3. The second-order valence-corrected chi connectivity index (χ2v) is 3.08. The lowest BCUT2D eigenvalue weighted by Crippen LogP contribution is -2.04. The SMILES string of the molecule is CNCc1nnc(-c2ccc(C#N)cn2)o1. The topological polar surface area (TPSA) is 87.6 Å². The molecule has 0 spiro atoms. The monoisotopic (exact) mass is 215 g/mol. The first-order valence-corrected chi connectivity index (χ1v) is 4.67. The van der Waals surface area contributed by atoms with Crippen LogP contribution in [0.4, 0.5) is 0 Å². The third-order valence-corrected chi connectivity index (χ3v) is 1.91. The fourth-order valence-corrected chi connectivity index (χ4v) is 1.17. The third-order valence-electron chi connectivity index (χ3n) is 1.91. The first kappa shape index (κ1) is 10.3. The maximum absolute atomic E-state index is 8.62. The van der Waals surface area contributed by atoms with Crippen LogP contribution < -0.4 is 5.32 Å². The van der Waals surface area contributed by atoms with Gasteiger partial charge in [0.2, 0.25) is 5.89 Å². The molecule has 0 saturated heterocycles. The van der Waals surface area contributed by atoms with Crippen LogP contribution >= 0.6 is 0 Å². The van der Waals surface area contributed by atoms with Gasteiger partial charge < -0.3 is 9.73 Å². The zero-order valence-corrected chi connectivity index (χ0v) is 8.64. The maximum atomic E-state index is 8.62. The average Bonchev–Trinajstić information content (AvgIpc) is 2.78. The predicted octanol–water partition coefficient (Wildman–Crippen LogP) is 0.723. The largest absolute Gasteiger partial charge is 0.418 e. The summed E-state index contributed by atoms with van der Waals surface area (Å²) in [6.07, 6.45) is 1.47. The molecular formula is C10H9N5O. The Balaban J connectivity index is 2.25. The Labute approximate surface area is 91.9 Å². The van der Waals surface area contributed by atoms with Crippen molar-refractivity contribution < 1.29 is 4.42 Å². The van der Waals surface area contributed by atoms with Crippen LogP contribution in [0.5, 0.6) is 0 Å². The molecule has 0 aliphatic carbocycles. The predicted molar refractivity (Wildman–Crippen MR) is 55.0 cm³/mol. The van der Waals surface area contributed by atoms with Gasteiger partial charge in [-0.1, -0.05) is 0 Å². The summed E-state index contributed by atoms with van der Waals surface area (Å²) in [7, 11) is 1.80. The highest BCUT2D eigenvalue weighted by atomic mass is 16.4. The first-order valence-electron chi connectivity index (χ1n) is 4.67. The summed E-state index contributed by atoms with van der Waals surface area (Å²) in [6, 6.07) is 5.32. The standard InChI is InChI=1S/C10H9N5O/c1-12-6-9-14-15-10(16-9)8-3-2-7(4-11)5-13-8/h2-3,5,12H,6H2,1H3. The summed E-state index contributed by atoms with van der Waals surface area (Å²) < 4.78 is 5.35. The number of pyridine rings is 1. The van der Waals surface area contributed by atoms with Gasteiger partial charge in [-0.15, -0.1) is 10.2 Å². The van der Waals surface area contributed by atoms with E-state index in [9.17, 15) is 0 Å². The molecule has 0 aliphatic heterocycles. The summed E-state index contributed by atoms with van der Waals surface area (Å²) in [5.41, 5.74) is 1.06. The summed E-state index contributed by atoms with van der Waals surface area (Å²) in [5.74, 6) is 0.860. The molecular weight excluding hydrogens is 206 g/mol. The molecule has 0 bridgehead atoms. The molecule has 0 fully saturated rings. The lowest BCUT2D eigenvalue weighted by molar-refractivity contribution is 0.489. The molecule has 6 heteroatoms. The van der Waals surface area contributed by atoms with Gasteiger partial charge in [-0.25, -0.2) is 4.98 Å². The van der Waals surface area contributed by atoms with Crippen LogP contribution in [0.15, 0.2) is 22.7 Å². The van der Waals surface area contributed by atoms with Gasteiger partial charge >= 0.3 is 0 Å². The van der Waals surface area contributed by atoms with Gasteiger partial charge in [0.05, 0.1) is 12.1 Å². The minimum atomic E-state index is 0.356. The van der Waals surface area contributed by atoms with Crippen LogP contribution in [-0.4, -0.2) is 22.2 Å². The molecule has 0 atom stereocenters. The van der Waals surface area contributed by atoms with E-state index in [1.54, 1.807) is 19.2 Å². The van der Waals surface area contributed by atoms with Gasteiger partial charge in [-0.3, -0.25) is 0 Å². The molecule has 80 valence electrons. The molecule has 0 aromatic carbocycles. The Kier molecular flexibility index (Phi) is 2.89. The van der Waals surface area contributed by atoms with Gasteiger partial charge in [-0.05, 0) is 19.2 Å². The molecule has 2 heterocycles. The second-order valence-electron chi connectivity index (χ2n) is 3.08. The Morgan fingerprint density at radius 2 is 2.31 bits per heavy atom. The van der Waals surface area contributed by atoms with Crippen LogP contribution in [0.25, 0.3) is 11.6 Å². The molecule has 6 nitrogen and oxygen atoms in total. The number of hydrogen-bond donors (Lipinski definition) is 1. The van der Waals surface area contributed by atoms with Crippen LogP contribution in [0.2, 0.25) is 0 Å². The molecule has 0 aliphatic rings. The molecule has 0 saturated carbocycles. The van der Waals surface area contributed by atoms with Crippen LogP contribution in [-0.2, 0) is 6.54 Å². The first-order chi connectivity index (χ1) is 7.83. The minimum Gasteiger partial charge on any atom is -0.418 e. The van der Waals surface area contributed by atoms with Crippen molar-refractivity contribution in [3.63, 3.8) is 0 Å². The summed E-state index contributed by atoms with van der Waals surface area (Å²) >= 11 is 0. The second kappa shape index (κ2) is 4.51. The van der Waals surface area contributed by atoms with Crippen LogP contribution in [0.1, 0.15) is 11.5 Å². The zero-order valence-electron chi connectivity index (χ0n) is 8.64. The van der Waals surface area contributed by atoms with E-state index >= 15 is 0 Å². The lowest BCUT2D eigenvalue weighted by Gasteiger charge is -1.93. The van der Waals surface area contributed by atoms with Crippen molar-refractivity contribution in [2.75, 3.05) is 7.05 Å². The quantitative estimate of drug-likeness (QED) is 0.811. The Morgan fingerprint density at radius 3 is 2.94 bits per heavy atom. The number of hydrogen-bond acceptors (Lipinski definition) is 6. The smallest absolute Gasteiger partial charge is 0.266 e. The molecule has 0 amide bonds. The van der Waals surface area contributed by atoms with E-state index in [0.717, 1.165) is 0 Å². The Hall–Kier alpha value is -2.26. The van der Waals surface area contributed by atoms with Crippen molar-refractivity contribution in [2.24, 2.45) is 0 Å². The van der Waals surface area contributed by atoms with Crippen molar-refractivity contribution in [1.82, 2.24) is 20.5 Å². The van der Waals surface area contributed by atoms with Gasteiger partial charge in [-0.2, -0.15) is 5.26 Å². The molecule has 0 radical (unpaired) electrons. The zero-order chi connectivity index (χ0) is 11.4. The summed E-state index contributed by atoms with van der Waals surface area (Å²) in [5, 5.41) is 19.2. The molecule has 1 N–H and O–H groups in total. The number of nitriles is 1. The number of nitrogens with one attached hydrogen (secondary N) is 1. The third kappa shape index (κ3) is 2.04. The number of nitrogens with zero attached hydrogens (tertiary/aromatic N) is 4. The molecule has 2 rings (SSSR count). The van der Waals surface area contributed by atoms with Crippen molar-refractivity contribution in [1.29, 1.82) is 5.26 Å². The van der Waals surface area contributed by atoms with Gasteiger partial charge in [0.1, 0.15) is 11.8 Å². The van der Waals surface area contributed by atoms with Gasteiger partial charge in [0.15, 0.2) is 0 Å². The highest BCUT2D eigenvalue weighted by Gasteiger charge is 2.08. The fourth-order valence-electron chi connectivity index (χ4n) is 1.17. The minimum absolute atomic E-state index is 0.356. The van der Waals surface area contributed by atoms with Crippen LogP contribution in [0, 0.1) is 11.3 Å². The number of aromatic nitrogens is 3. The van der Waals surface area contributed by atoms with Crippen molar-refractivity contribution >= 4 is 0 Å². The molecule has 16 heavy (non-hydrogen) atoms. The maximum Gasteiger partial charge on any atom is 0.266 e. The Bertz CT molecular complexity index is 511. The van der Waals surface area contributed by atoms with Gasteiger partial charge in [0, 0.05) is 6.20 Å². The molecule has 2 aromatic heterocycles. The van der Waals surface area contributed by atoms with Crippen molar-refractivity contribution in [2.45, 2.75) is 6.54 Å². The van der Waals surface area contributed by atoms with Crippen molar-refractivity contribution in [3.05, 3.63) is 29.8 Å². The summed E-state index contributed by atoms with van der Waals surface area (Å²) in [4.78, 5) is 4.05. The highest BCUT2D eigenvalue weighted by molar-refractivity contribution is 5.47. The molecule has 0 unspecified atom stereocenters. The van der Waals surface area contributed by atoms with E-state index in [0.29, 0.717) is 29.6 Å². The Morgan fingerprint density at radius 1 is 1.44 bits per heavy atom. The van der Waals surface area contributed by atoms with E-state index in [1.165, 1.54) is 6.20 Å². The highest BCUT2D eigenvalue weighted by Crippen LogP contribution is 2.14. The lowest BCUT2D eigenvalue weighted by atomic mass is 10.3. The van der Waals surface area contributed by atoms with Crippen molar-refractivity contribution in [3.8, 4) is 17.7 Å². The van der Waals surface area contributed by atoms with E-state index in [2.05, 4.69) is 20.5 Å². The van der Waals surface area contributed by atoms with Crippen LogP contribution in [0.3, 0.4) is 0 Å².